The summed E-state index contributed by atoms with van der Waals surface area (Å²) in [5, 5.41) is 8.58. The molecule has 0 amide bonds. The minimum Gasteiger partial charge on any atom is -0.433 e. The van der Waals surface area contributed by atoms with E-state index < -0.39 is 6.61 Å². The topological polar surface area (TPSA) is 85.1 Å². The van der Waals surface area contributed by atoms with E-state index in [0.717, 1.165) is 6.07 Å². The van der Waals surface area contributed by atoms with Crippen LogP contribution in [0.5, 0.6) is 5.75 Å². The Morgan fingerprint density at radius 2 is 1.86 bits per heavy atom. The molecule has 4 nitrogen and oxygen atoms in total. The number of nitrogens with two attached hydrogens (primary N) is 2. The number of alkyl halides is 2. The fourth-order valence-electron chi connectivity index (χ4n) is 0.893. The summed E-state index contributed by atoms with van der Waals surface area (Å²) in [5.41, 5.74) is 10.9. The summed E-state index contributed by atoms with van der Waals surface area (Å²) in [6.07, 6.45) is 0. The maximum absolute atomic E-state index is 11.9. The van der Waals surface area contributed by atoms with Gasteiger partial charge in [0.05, 0.1) is 16.9 Å². The summed E-state index contributed by atoms with van der Waals surface area (Å²) in [6.45, 7) is -3.00. The number of nitriles is 1. The molecule has 1 rings (SSSR count). The van der Waals surface area contributed by atoms with E-state index in [1.165, 1.54) is 6.07 Å². The summed E-state index contributed by atoms with van der Waals surface area (Å²) in [4.78, 5) is 0. The van der Waals surface area contributed by atoms with Crippen LogP contribution in [-0.2, 0) is 0 Å². The van der Waals surface area contributed by atoms with Gasteiger partial charge in [0, 0.05) is 6.07 Å². The van der Waals surface area contributed by atoms with Crippen molar-refractivity contribution >= 4 is 11.4 Å². The summed E-state index contributed by atoms with van der Waals surface area (Å²) < 4.78 is 27.8. The molecule has 1 aromatic carbocycles. The normalized spacial score (nSPS) is 9.86. The summed E-state index contributed by atoms with van der Waals surface area (Å²) in [7, 11) is 0. The zero-order valence-electron chi connectivity index (χ0n) is 7.00. The first-order valence-electron chi connectivity index (χ1n) is 3.58. The van der Waals surface area contributed by atoms with E-state index in [2.05, 4.69) is 4.74 Å². The minimum atomic E-state index is -3.00. The molecule has 0 saturated heterocycles. The quantitative estimate of drug-likeness (QED) is 0.703. The van der Waals surface area contributed by atoms with Crippen molar-refractivity contribution in [2.24, 2.45) is 0 Å². The Balaban J connectivity index is 3.15. The molecule has 4 N–H and O–H groups in total. The SMILES string of the molecule is N#Cc1cc(N)c(N)cc1OC(F)F. The zero-order valence-corrected chi connectivity index (χ0v) is 7.00. The van der Waals surface area contributed by atoms with Gasteiger partial charge in [0.1, 0.15) is 11.8 Å². The molecule has 0 saturated carbocycles. The van der Waals surface area contributed by atoms with Gasteiger partial charge < -0.3 is 16.2 Å². The third kappa shape index (κ3) is 2.01. The van der Waals surface area contributed by atoms with Gasteiger partial charge in [0.15, 0.2) is 0 Å². The van der Waals surface area contributed by atoms with E-state index >= 15 is 0 Å². The predicted molar refractivity (Wildman–Crippen MR) is 46.6 cm³/mol. The molecule has 0 aliphatic rings. The van der Waals surface area contributed by atoms with Gasteiger partial charge in [-0.1, -0.05) is 0 Å². The van der Waals surface area contributed by atoms with E-state index in [-0.39, 0.29) is 22.7 Å². The monoisotopic (exact) mass is 199 g/mol. The van der Waals surface area contributed by atoms with Crippen LogP contribution >= 0.6 is 0 Å². The summed E-state index contributed by atoms with van der Waals surface area (Å²) >= 11 is 0. The molecular weight excluding hydrogens is 192 g/mol. The van der Waals surface area contributed by atoms with Gasteiger partial charge >= 0.3 is 6.61 Å². The predicted octanol–water partition coefficient (Wildman–Crippen LogP) is 1.32. The first-order valence-corrected chi connectivity index (χ1v) is 3.58. The van der Waals surface area contributed by atoms with Crippen LogP contribution in [0.3, 0.4) is 0 Å². The van der Waals surface area contributed by atoms with Crippen LogP contribution in [0.1, 0.15) is 5.56 Å². The van der Waals surface area contributed by atoms with E-state index in [9.17, 15) is 8.78 Å². The molecular formula is C8H7F2N3O. The van der Waals surface area contributed by atoms with E-state index in [4.69, 9.17) is 16.7 Å². The molecule has 0 bridgehead atoms. The Morgan fingerprint density at radius 3 is 2.36 bits per heavy atom. The highest BCUT2D eigenvalue weighted by Gasteiger charge is 2.11. The van der Waals surface area contributed by atoms with E-state index in [0.29, 0.717) is 0 Å². The average molecular weight is 199 g/mol. The number of nitrogen functional groups attached to an aromatic ring is 2. The van der Waals surface area contributed by atoms with Gasteiger partial charge in [-0.05, 0) is 6.07 Å². The van der Waals surface area contributed by atoms with E-state index in [1.807, 2.05) is 0 Å². The molecule has 74 valence electrons. The van der Waals surface area contributed by atoms with Gasteiger partial charge in [0.2, 0.25) is 0 Å². The molecule has 0 spiro atoms. The summed E-state index contributed by atoms with van der Waals surface area (Å²) in [6, 6.07) is 3.96. The smallest absolute Gasteiger partial charge is 0.387 e. The standard InChI is InChI=1S/C8H7F2N3O/c9-8(10)14-7-2-6(13)5(12)1-4(7)3-11/h1-2,8H,12-13H2. The Bertz CT molecular complexity index is 387. The van der Waals surface area contributed by atoms with Gasteiger partial charge in [-0.3, -0.25) is 0 Å². The van der Waals surface area contributed by atoms with Crippen molar-refractivity contribution in [1.29, 1.82) is 5.26 Å². The molecule has 0 fully saturated rings. The molecule has 0 radical (unpaired) electrons. The fourth-order valence-corrected chi connectivity index (χ4v) is 0.893. The highest BCUT2D eigenvalue weighted by molar-refractivity contribution is 5.69. The Kier molecular flexibility index (Phi) is 2.72. The molecule has 0 aliphatic heterocycles. The highest BCUT2D eigenvalue weighted by atomic mass is 19.3. The third-order valence-corrected chi connectivity index (χ3v) is 1.52. The second kappa shape index (κ2) is 3.79. The molecule has 0 heterocycles. The number of nitrogens with zero attached hydrogens (tertiary/aromatic N) is 1. The fraction of sp³-hybridized carbons (Fsp3) is 0.125. The van der Waals surface area contributed by atoms with Crippen molar-refractivity contribution in [2.75, 3.05) is 11.5 Å². The van der Waals surface area contributed by atoms with Gasteiger partial charge in [-0.15, -0.1) is 0 Å². The molecule has 0 unspecified atom stereocenters. The van der Waals surface area contributed by atoms with Crippen LogP contribution in [0.25, 0.3) is 0 Å². The molecule has 6 heteroatoms. The Labute approximate surface area is 78.7 Å². The zero-order chi connectivity index (χ0) is 10.7. The largest absolute Gasteiger partial charge is 0.433 e. The van der Waals surface area contributed by atoms with Gasteiger partial charge in [-0.2, -0.15) is 14.0 Å². The molecule has 1 aromatic rings. The van der Waals surface area contributed by atoms with Crippen molar-refractivity contribution in [3.05, 3.63) is 17.7 Å². The maximum atomic E-state index is 11.9. The highest BCUT2D eigenvalue weighted by Crippen LogP contribution is 2.27. The lowest BCUT2D eigenvalue weighted by Crippen LogP contribution is -2.05. The number of anilines is 2. The first-order chi connectivity index (χ1) is 6.54. The number of ether oxygens (including phenoxy) is 1. The lowest BCUT2D eigenvalue weighted by Gasteiger charge is -2.08. The number of hydrogen-bond acceptors (Lipinski definition) is 4. The summed E-state index contributed by atoms with van der Waals surface area (Å²) in [5.74, 6) is -0.269. The van der Waals surface area contributed by atoms with Crippen molar-refractivity contribution in [3.63, 3.8) is 0 Å². The Morgan fingerprint density at radius 1 is 1.29 bits per heavy atom. The average Bonchev–Trinajstić information content (AvgIpc) is 2.10. The van der Waals surface area contributed by atoms with Crippen molar-refractivity contribution in [1.82, 2.24) is 0 Å². The van der Waals surface area contributed by atoms with Crippen molar-refractivity contribution in [3.8, 4) is 11.8 Å². The number of rotatable bonds is 2. The van der Waals surface area contributed by atoms with Crippen LogP contribution in [0.2, 0.25) is 0 Å². The minimum absolute atomic E-state index is 0.0722. The molecule has 14 heavy (non-hydrogen) atoms. The maximum Gasteiger partial charge on any atom is 0.387 e. The van der Waals surface area contributed by atoms with Crippen LogP contribution in [0.15, 0.2) is 12.1 Å². The van der Waals surface area contributed by atoms with Crippen LogP contribution < -0.4 is 16.2 Å². The van der Waals surface area contributed by atoms with Gasteiger partial charge in [-0.25, -0.2) is 0 Å². The number of halogens is 2. The lowest BCUT2D eigenvalue weighted by atomic mass is 10.1. The number of hydrogen-bond donors (Lipinski definition) is 2. The van der Waals surface area contributed by atoms with Crippen LogP contribution in [0, 0.1) is 11.3 Å². The van der Waals surface area contributed by atoms with Gasteiger partial charge in [0.25, 0.3) is 0 Å². The first kappa shape index (κ1) is 10.1. The lowest BCUT2D eigenvalue weighted by molar-refractivity contribution is -0.0499. The second-order valence-corrected chi connectivity index (χ2v) is 2.47. The van der Waals surface area contributed by atoms with Crippen molar-refractivity contribution < 1.29 is 13.5 Å². The Hall–Kier alpha value is -2.03. The molecule has 0 atom stereocenters. The second-order valence-electron chi connectivity index (χ2n) is 2.47. The van der Waals surface area contributed by atoms with Crippen LogP contribution in [-0.4, -0.2) is 6.61 Å². The molecule has 0 aliphatic carbocycles. The third-order valence-electron chi connectivity index (χ3n) is 1.52. The molecule has 0 aromatic heterocycles. The van der Waals surface area contributed by atoms with Crippen LogP contribution in [0.4, 0.5) is 20.2 Å². The van der Waals surface area contributed by atoms with E-state index in [1.54, 1.807) is 6.07 Å². The number of benzene rings is 1. The van der Waals surface area contributed by atoms with Crippen molar-refractivity contribution in [2.45, 2.75) is 6.61 Å².